The molecule has 0 radical (unpaired) electrons. The summed E-state index contributed by atoms with van der Waals surface area (Å²) in [6.45, 7) is 0. The van der Waals surface area contributed by atoms with Crippen molar-refractivity contribution in [2.75, 3.05) is 6.26 Å². The van der Waals surface area contributed by atoms with E-state index in [9.17, 15) is 20.9 Å². The van der Waals surface area contributed by atoms with Crippen molar-refractivity contribution in [2.45, 2.75) is 4.90 Å². The van der Waals surface area contributed by atoms with E-state index in [0.717, 1.165) is 30.5 Å². The Morgan fingerprint density at radius 1 is 1.13 bits per heavy atom. The van der Waals surface area contributed by atoms with E-state index < -0.39 is 26.0 Å². The Kier molecular flexibility index (Phi) is 3.10. The number of rotatable bonds is 2. The lowest BCUT2D eigenvalue weighted by Crippen LogP contribution is -2.00. The summed E-state index contributed by atoms with van der Waals surface area (Å²) in [6.07, 6.45) is 0.956. The molecule has 0 bridgehead atoms. The maximum absolute atomic E-state index is 12.5. The predicted octanol–water partition coefficient (Wildman–Crippen LogP) is 1.50. The van der Waals surface area contributed by atoms with E-state index in [2.05, 4.69) is 3.77 Å². The average Bonchev–Trinajstić information content (AvgIpc) is 2.00. The molecule has 8 heteroatoms. The molecule has 1 atom stereocenters. The fourth-order valence-electron chi connectivity index (χ4n) is 0.900. The molecule has 0 N–H and O–H groups in total. The van der Waals surface area contributed by atoms with Crippen molar-refractivity contribution >= 4 is 20.1 Å². The van der Waals surface area contributed by atoms with Crippen molar-refractivity contribution in [2.24, 2.45) is 3.77 Å². The van der Waals surface area contributed by atoms with Gasteiger partial charge in [0.25, 0.3) is 0 Å². The van der Waals surface area contributed by atoms with Crippen LogP contribution in [0.5, 0.6) is 0 Å². The average molecular weight is 255 g/mol. The van der Waals surface area contributed by atoms with Gasteiger partial charge in [-0.2, -0.15) is 8.42 Å². The maximum atomic E-state index is 12.5. The topological polar surface area (TPSA) is 63.6 Å². The lowest BCUT2D eigenvalue weighted by molar-refractivity contribution is 0.554. The summed E-state index contributed by atoms with van der Waals surface area (Å²) < 4.78 is 59.3. The first-order valence-electron chi connectivity index (χ1n) is 3.64. The minimum Gasteiger partial charge on any atom is -0.244 e. The third-order valence-electron chi connectivity index (χ3n) is 1.48. The van der Waals surface area contributed by atoms with Crippen LogP contribution in [0.3, 0.4) is 0 Å². The van der Waals surface area contributed by atoms with Crippen LogP contribution in [0.2, 0.25) is 0 Å². The Hall–Kier alpha value is -1.02. The Morgan fingerprint density at radius 3 is 2.00 bits per heavy atom. The van der Waals surface area contributed by atoms with Crippen LogP contribution in [0.15, 0.2) is 32.9 Å². The number of halogens is 2. The van der Waals surface area contributed by atoms with Gasteiger partial charge < -0.3 is 0 Å². The zero-order chi connectivity index (χ0) is 11.7. The van der Waals surface area contributed by atoms with Crippen LogP contribution in [-0.2, 0) is 20.1 Å². The van der Waals surface area contributed by atoms with Gasteiger partial charge in [0.1, 0.15) is 5.82 Å². The summed E-state index contributed by atoms with van der Waals surface area (Å²) in [5.74, 6) is -0.572. The van der Waals surface area contributed by atoms with Crippen molar-refractivity contribution in [1.29, 1.82) is 0 Å². The highest BCUT2D eigenvalue weighted by Gasteiger charge is 2.12. The number of benzene rings is 1. The molecular formula is C7H7F2NO3S2. The van der Waals surface area contributed by atoms with Crippen LogP contribution in [0.1, 0.15) is 0 Å². The molecular weight excluding hydrogens is 248 g/mol. The molecule has 0 aliphatic carbocycles. The van der Waals surface area contributed by atoms with Gasteiger partial charge >= 0.3 is 10.4 Å². The van der Waals surface area contributed by atoms with E-state index >= 15 is 0 Å². The second kappa shape index (κ2) is 3.86. The number of hydrogen-bond donors (Lipinski definition) is 0. The van der Waals surface area contributed by atoms with Crippen molar-refractivity contribution in [1.82, 2.24) is 0 Å². The molecule has 0 spiro atoms. The molecule has 0 saturated heterocycles. The zero-order valence-electron chi connectivity index (χ0n) is 7.55. The zero-order valence-corrected chi connectivity index (χ0v) is 9.19. The fourth-order valence-corrected chi connectivity index (χ4v) is 3.24. The molecule has 1 unspecified atom stereocenters. The number of nitrogens with zero attached hydrogens (tertiary/aromatic N) is 1. The van der Waals surface area contributed by atoms with Crippen LogP contribution in [0.4, 0.5) is 8.28 Å². The largest absolute Gasteiger partial charge is 0.426 e. The normalized spacial score (nSPS) is 15.7. The summed E-state index contributed by atoms with van der Waals surface area (Å²) in [5, 5.41) is 0. The van der Waals surface area contributed by atoms with Crippen LogP contribution in [0.25, 0.3) is 0 Å². The fraction of sp³-hybridized carbons (Fsp3) is 0.143. The minimum absolute atomic E-state index is 0.0508. The van der Waals surface area contributed by atoms with Crippen LogP contribution in [0, 0.1) is 5.82 Å². The van der Waals surface area contributed by atoms with E-state index in [0.29, 0.717) is 0 Å². The molecule has 0 saturated carbocycles. The van der Waals surface area contributed by atoms with Crippen molar-refractivity contribution in [3.63, 3.8) is 0 Å². The Balaban J connectivity index is 3.36. The molecule has 15 heavy (non-hydrogen) atoms. The van der Waals surface area contributed by atoms with Gasteiger partial charge in [-0.3, -0.25) is 0 Å². The highest BCUT2D eigenvalue weighted by atomic mass is 32.3. The van der Waals surface area contributed by atoms with Gasteiger partial charge in [-0.05, 0) is 24.3 Å². The Labute approximate surface area is 86.5 Å². The van der Waals surface area contributed by atoms with Crippen molar-refractivity contribution < 1.29 is 20.9 Å². The van der Waals surface area contributed by atoms with E-state index in [-0.39, 0.29) is 4.90 Å². The van der Waals surface area contributed by atoms with E-state index in [4.69, 9.17) is 0 Å². The molecule has 0 amide bonds. The first-order valence-corrected chi connectivity index (χ1v) is 6.91. The molecule has 0 aliphatic heterocycles. The predicted molar refractivity (Wildman–Crippen MR) is 51.2 cm³/mol. The van der Waals surface area contributed by atoms with Crippen molar-refractivity contribution in [3.05, 3.63) is 30.1 Å². The lowest BCUT2D eigenvalue weighted by atomic mass is 10.4. The third-order valence-corrected chi connectivity index (χ3v) is 4.48. The molecule has 0 heterocycles. The molecule has 0 aromatic heterocycles. The smallest absolute Gasteiger partial charge is 0.244 e. The van der Waals surface area contributed by atoms with Gasteiger partial charge in [-0.15, -0.1) is 0 Å². The molecule has 4 nitrogen and oxygen atoms in total. The van der Waals surface area contributed by atoms with Gasteiger partial charge in [-0.1, -0.05) is 7.65 Å². The summed E-state index contributed by atoms with van der Waals surface area (Å²) in [7, 11) is -8.57. The van der Waals surface area contributed by atoms with E-state index in [1.165, 1.54) is 0 Å². The van der Waals surface area contributed by atoms with Crippen LogP contribution in [-0.4, -0.2) is 18.9 Å². The monoisotopic (exact) mass is 255 g/mol. The summed E-state index contributed by atoms with van der Waals surface area (Å²) in [5.41, 5.74) is 0. The van der Waals surface area contributed by atoms with E-state index in [1.807, 2.05) is 0 Å². The SMILES string of the molecule is CS(=O)(=NS(=O)(=O)F)c1ccc(F)cc1. The maximum Gasteiger partial charge on any atom is 0.426 e. The minimum atomic E-state index is -5.18. The molecule has 0 fully saturated rings. The van der Waals surface area contributed by atoms with Crippen molar-refractivity contribution in [3.8, 4) is 0 Å². The van der Waals surface area contributed by atoms with Gasteiger partial charge in [0.2, 0.25) is 0 Å². The Bertz CT molecular complexity index is 571. The van der Waals surface area contributed by atoms with Gasteiger partial charge in [0.15, 0.2) is 0 Å². The summed E-state index contributed by atoms with van der Waals surface area (Å²) >= 11 is 0. The van der Waals surface area contributed by atoms with Gasteiger partial charge in [-0.25, -0.2) is 8.60 Å². The highest BCUT2D eigenvalue weighted by Crippen LogP contribution is 2.14. The first-order chi connectivity index (χ1) is 6.71. The van der Waals surface area contributed by atoms with Crippen LogP contribution >= 0.6 is 0 Å². The van der Waals surface area contributed by atoms with E-state index in [1.54, 1.807) is 0 Å². The molecule has 1 aromatic rings. The second-order valence-electron chi connectivity index (χ2n) is 2.74. The van der Waals surface area contributed by atoms with Gasteiger partial charge in [0.05, 0.1) is 9.73 Å². The van der Waals surface area contributed by atoms with Gasteiger partial charge in [0, 0.05) is 11.2 Å². The summed E-state index contributed by atoms with van der Waals surface area (Å²) in [4.78, 5) is -0.0508. The first kappa shape index (κ1) is 12.1. The second-order valence-corrected chi connectivity index (χ2v) is 6.24. The number of hydrogen-bond acceptors (Lipinski definition) is 3. The molecule has 1 rings (SSSR count). The Morgan fingerprint density at radius 2 is 1.60 bits per heavy atom. The molecule has 0 aliphatic rings. The highest BCUT2D eigenvalue weighted by molar-refractivity contribution is 8.01. The summed E-state index contributed by atoms with van der Waals surface area (Å²) in [6, 6.07) is 4.15. The standard InChI is InChI=1S/C7H7F2NO3S2/c1-14(11,10-15(9,12)13)7-4-2-6(8)3-5-7/h2-5H,1H3. The third kappa shape index (κ3) is 3.56. The lowest BCUT2D eigenvalue weighted by Gasteiger charge is -2.01. The quantitative estimate of drug-likeness (QED) is 0.752. The molecule has 1 aromatic carbocycles. The van der Waals surface area contributed by atoms with Crippen LogP contribution < -0.4 is 0 Å². The molecule has 84 valence electrons.